The van der Waals surface area contributed by atoms with Crippen LogP contribution in [0.4, 0.5) is 0 Å². The van der Waals surface area contributed by atoms with Gasteiger partial charge in [-0.3, -0.25) is 4.90 Å². The second kappa shape index (κ2) is 4.98. The number of nitriles is 1. The van der Waals surface area contributed by atoms with Gasteiger partial charge in [0.1, 0.15) is 17.1 Å². The largest absolute Gasteiger partial charge is 0.379 e. The van der Waals surface area contributed by atoms with Crippen LogP contribution in [0, 0.1) is 11.3 Å². The average Bonchev–Trinajstić information content (AvgIpc) is 2.90. The minimum atomic E-state index is -0.263. The molecule has 1 atom stereocenters. The summed E-state index contributed by atoms with van der Waals surface area (Å²) in [5.41, 5.74) is 2.66. The minimum absolute atomic E-state index is 0.263. The molecule has 5 nitrogen and oxygen atoms in total. The number of hydrogen-bond acceptors (Lipinski definition) is 6. The number of morpholine rings is 1. The van der Waals surface area contributed by atoms with Gasteiger partial charge in [-0.15, -0.1) is 0 Å². The van der Waals surface area contributed by atoms with Crippen LogP contribution in [-0.4, -0.2) is 40.0 Å². The molecule has 0 spiro atoms. The molecule has 0 aliphatic carbocycles. The zero-order valence-electron chi connectivity index (χ0n) is 9.74. The number of nitrogens with zero attached hydrogens (tertiary/aromatic N) is 4. The summed E-state index contributed by atoms with van der Waals surface area (Å²) in [4.78, 5) is 2.14. The van der Waals surface area contributed by atoms with E-state index in [4.69, 9.17) is 4.74 Å². The number of fused-ring (bicyclic) bond motifs is 1. The molecule has 1 aliphatic rings. The first-order valence-electron chi connectivity index (χ1n) is 5.83. The van der Waals surface area contributed by atoms with Crippen LogP contribution in [0.15, 0.2) is 18.2 Å². The number of ether oxygens (including phenoxy) is 1. The maximum atomic E-state index is 9.45. The first-order chi connectivity index (χ1) is 8.90. The SMILES string of the molecule is N#CC(c1cccc2nsnc12)N1CCOCC1. The first kappa shape index (κ1) is 11.5. The summed E-state index contributed by atoms with van der Waals surface area (Å²) in [5.74, 6) is 0. The molecule has 1 saturated heterocycles. The summed E-state index contributed by atoms with van der Waals surface area (Å²) in [7, 11) is 0. The van der Waals surface area contributed by atoms with E-state index in [0.29, 0.717) is 13.2 Å². The summed E-state index contributed by atoms with van der Waals surface area (Å²) in [6.45, 7) is 2.94. The molecule has 1 unspecified atom stereocenters. The van der Waals surface area contributed by atoms with E-state index < -0.39 is 0 Å². The van der Waals surface area contributed by atoms with Gasteiger partial charge >= 0.3 is 0 Å². The van der Waals surface area contributed by atoms with Crippen molar-refractivity contribution in [3.63, 3.8) is 0 Å². The molecular formula is C12H12N4OS. The molecular weight excluding hydrogens is 248 g/mol. The Kier molecular flexibility index (Phi) is 3.19. The lowest BCUT2D eigenvalue weighted by atomic mass is 10.0. The fourth-order valence-corrected chi connectivity index (χ4v) is 2.79. The Morgan fingerprint density at radius 3 is 2.94 bits per heavy atom. The Hall–Kier alpha value is -1.55. The van der Waals surface area contributed by atoms with Crippen molar-refractivity contribution in [2.75, 3.05) is 26.3 Å². The second-order valence-electron chi connectivity index (χ2n) is 4.16. The third kappa shape index (κ3) is 1.97. The van der Waals surface area contributed by atoms with Gasteiger partial charge in [0.2, 0.25) is 0 Å². The molecule has 1 aliphatic heterocycles. The highest BCUT2D eigenvalue weighted by molar-refractivity contribution is 7.00. The Morgan fingerprint density at radius 1 is 1.33 bits per heavy atom. The van der Waals surface area contributed by atoms with Crippen LogP contribution in [0.2, 0.25) is 0 Å². The summed E-state index contributed by atoms with van der Waals surface area (Å²) in [5, 5.41) is 9.45. The number of rotatable bonds is 2. The maximum Gasteiger partial charge on any atom is 0.126 e. The number of benzene rings is 1. The first-order valence-corrected chi connectivity index (χ1v) is 6.56. The summed E-state index contributed by atoms with van der Waals surface area (Å²) in [6, 6.07) is 7.94. The third-order valence-electron chi connectivity index (χ3n) is 3.14. The van der Waals surface area contributed by atoms with Crippen molar-refractivity contribution < 1.29 is 4.74 Å². The van der Waals surface area contributed by atoms with Gasteiger partial charge in [0.25, 0.3) is 0 Å². The van der Waals surface area contributed by atoms with Crippen LogP contribution in [0.25, 0.3) is 11.0 Å². The van der Waals surface area contributed by atoms with E-state index >= 15 is 0 Å². The molecule has 2 aromatic rings. The average molecular weight is 260 g/mol. The zero-order valence-corrected chi connectivity index (χ0v) is 10.6. The van der Waals surface area contributed by atoms with Crippen molar-refractivity contribution in [1.82, 2.24) is 13.6 Å². The lowest BCUT2D eigenvalue weighted by Crippen LogP contribution is -2.38. The van der Waals surface area contributed by atoms with Gasteiger partial charge in [0.05, 0.1) is 31.0 Å². The van der Waals surface area contributed by atoms with E-state index in [1.807, 2.05) is 18.2 Å². The number of aromatic nitrogens is 2. The molecule has 1 fully saturated rings. The fraction of sp³-hybridized carbons (Fsp3) is 0.417. The van der Waals surface area contributed by atoms with Crippen LogP contribution in [0.5, 0.6) is 0 Å². The summed E-state index contributed by atoms with van der Waals surface area (Å²) in [6.07, 6.45) is 0. The van der Waals surface area contributed by atoms with Crippen molar-refractivity contribution in [3.8, 4) is 6.07 Å². The van der Waals surface area contributed by atoms with E-state index in [1.54, 1.807) is 0 Å². The van der Waals surface area contributed by atoms with Gasteiger partial charge < -0.3 is 4.74 Å². The van der Waals surface area contributed by atoms with Crippen molar-refractivity contribution >= 4 is 22.8 Å². The Balaban J connectivity index is 2.00. The molecule has 2 heterocycles. The summed E-state index contributed by atoms with van der Waals surface area (Å²) < 4.78 is 13.8. The minimum Gasteiger partial charge on any atom is -0.379 e. The maximum absolute atomic E-state index is 9.45. The van der Waals surface area contributed by atoms with Crippen molar-refractivity contribution in [2.24, 2.45) is 0 Å². The van der Waals surface area contributed by atoms with Gasteiger partial charge in [-0.1, -0.05) is 12.1 Å². The molecule has 3 rings (SSSR count). The predicted molar refractivity (Wildman–Crippen MR) is 68.2 cm³/mol. The van der Waals surface area contributed by atoms with Crippen molar-refractivity contribution in [3.05, 3.63) is 23.8 Å². The Morgan fingerprint density at radius 2 is 2.17 bits per heavy atom. The Labute approximate surface area is 109 Å². The number of hydrogen-bond donors (Lipinski definition) is 0. The summed E-state index contributed by atoms with van der Waals surface area (Å²) >= 11 is 1.19. The van der Waals surface area contributed by atoms with Gasteiger partial charge in [0.15, 0.2) is 0 Å². The van der Waals surface area contributed by atoms with Gasteiger partial charge in [-0.25, -0.2) is 0 Å². The molecule has 92 valence electrons. The van der Waals surface area contributed by atoms with E-state index in [1.165, 1.54) is 11.7 Å². The monoisotopic (exact) mass is 260 g/mol. The highest BCUT2D eigenvalue weighted by Crippen LogP contribution is 2.27. The van der Waals surface area contributed by atoms with Gasteiger partial charge in [-0.2, -0.15) is 14.0 Å². The molecule has 1 aromatic carbocycles. The second-order valence-corrected chi connectivity index (χ2v) is 4.69. The van der Waals surface area contributed by atoms with Gasteiger partial charge in [-0.05, 0) is 6.07 Å². The zero-order chi connectivity index (χ0) is 12.4. The van der Waals surface area contributed by atoms with Crippen LogP contribution in [0.3, 0.4) is 0 Å². The van der Waals surface area contributed by atoms with Crippen LogP contribution in [-0.2, 0) is 4.74 Å². The Bertz CT molecular complexity index is 585. The van der Waals surface area contributed by atoms with E-state index in [9.17, 15) is 5.26 Å². The van der Waals surface area contributed by atoms with E-state index in [2.05, 4.69) is 19.7 Å². The smallest absolute Gasteiger partial charge is 0.126 e. The predicted octanol–water partition coefficient (Wildman–Crippen LogP) is 1.59. The van der Waals surface area contributed by atoms with Crippen LogP contribution in [0.1, 0.15) is 11.6 Å². The standard InChI is InChI=1S/C12H12N4OS/c13-8-11(16-4-6-17-7-5-16)9-2-1-3-10-12(9)15-18-14-10/h1-3,11H,4-7H2. The fourth-order valence-electron chi connectivity index (χ4n) is 2.23. The molecule has 6 heteroatoms. The third-order valence-corrected chi connectivity index (χ3v) is 3.69. The molecule has 0 N–H and O–H groups in total. The quantitative estimate of drug-likeness (QED) is 0.820. The topological polar surface area (TPSA) is 62.0 Å². The highest BCUT2D eigenvalue weighted by Gasteiger charge is 2.24. The van der Waals surface area contributed by atoms with Gasteiger partial charge in [0, 0.05) is 18.7 Å². The lowest BCUT2D eigenvalue weighted by Gasteiger charge is -2.30. The van der Waals surface area contributed by atoms with Crippen molar-refractivity contribution in [2.45, 2.75) is 6.04 Å². The lowest BCUT2D eigenvalue weighted by molar-refractivity contribution is 0.0268. The molecule has 0 saturated carbocycles. The molecule has 1 aromatic heterocycles. The van der Waals surface area contributed by atoms with Crippen LogP contribution >= 0.6 is 11.7 Å². The normalized spacial score (nSPS) is 18.6. The van der Waals surface area contributed by atoms with Crippen molar-refractivity contribution in [1.29, 1.82) is 5.26 Å². The molecule has 0 amide bonds. The van der Waals surface area contributed by atoms with E-state index in [-0.39, 0.29) is 6.04 Å². The van der Waals surface area contributed by atoms with E-state index in [0.717, 1.165) is 29.7 Å². The van der Waals surface area contributed by atoms with Crippen LogP contribution < -0.4 is 0 Å². The molecule has 18 heavy (non-hydrogen) atoms. The molecule has 0 radical (unpaired) electrons. The molecule has 0 bridgehead atoms. The highest BCUT2D eigenvalue weighted by atomic mass is 32.1.